The molecule has 3 atom stereocenters. The van der Waals surface area contributed by atoms with E-state index in [-0.39, 0.29) is 23.7 Å². The number of halogens is 3. The second-order valence-corrected chi connectivity index (χ2v) is 11.3. The van der Waals surface area contributed by atoms with Gasteiger partial charge in [0, 0.05) is 0 Å². The highest BCUT2D eigenvalue weighted by Gasteiger charge is 2.47. The van der Waals surface area contributed by atoms with Crippen molar-refractivity contribution in [2.24, 2.45) is 0 Å². The number of carboxylic acids is 1. The van der Waals surface area contributed by atoms with Crippen LogP contribution in [0.4, 0.5) is 19.0 Å². The highest BCUT2D eigenvalue weighted by molar-refractivity contribution is 7.59. The van der Waals surface area contributed by atoms with Crippen molar-refractivity contribution in [1.82, 2.24) is 29.7 Å². The maximum absolute atomic E-state index is 14.2. The lowest BCUT2D eigenvalue weighted by molar-refractivity contribution is -0.153. The van der Waals surface area contributed by atoms with Gasteiger partial charge < -0.3 is 24.9 Å². The third kappa shape index (κ3) is 6.98. The van der Waals surface area contributed by atoms with E-state index in [1.807, 2.05) is 0 Å². The summed E-state index contributed by atoms with van der Waals surface area (Å²) in [7, 11) is -3.07. The molecule has 5 N–H and O–H groups in total. The second kappa shape index (κ2) is 11.2. The van der Waals surface area contributed by atoms with Crippen LogP contribution in [0.3, 0.4) is 0 Å². The molecular weight excluding hydrogens is 530 g/mol. The van der Waals surface area contributed by atoms with Gasteiger partial charge in [-0.3, -0.25) is 9.36 Å². The molecule has 2 heterocycles. The quantitative estimate of drug-likeness (QED) is 0.240. The van der Waals surface area contributed by atoms with E-state index in [1.165, 1.54) is 51.8 Å². The Morgan fingerprint density at radius 3 is 2.61 bits per heavy atom. The Balaban J connectivity index is 1.87. The molecule has 0 aliphatic carbocycles. The van der Waals surface area contributed by atoms with Crippen LogP contribution >= 0.6 is 7.44 Å². The molecule has 3 aromatic rings. The first-order valence-corrected chi connectivity index (χ1v) is 13.2. The van der Waals surface area contributed by atoms with E-state index >= 15 is 0 Å². The number of alkyl halides is 3. The van der Waals surface area contributed by atoms with Gasteiger partial charge in [-0.15, -0.1) is 0 Å². The van der Waals surface area contributed by atoms with Gasteiger partial charge in [-0.25, -0.2) is 25.1 Å². The number of ether oxygens (including phenoxy) is 2. The van der Waals surface area contributed by atoms with Crippen molar-refractivity contribution in [2.45, 2.75) is 51.2 Å². The van der Waals surface area contributed by atoms with Gasteiger partial charge in [0.05, 0.1) is 26.1 Å². The number of methoxy groups -OCH3 is 1. The minimum Gasteiger partial charge on any atom is -0.497 e. The number of nitrogens with zero attached hydrogens (tertiary/aromatic N) is 4. The molecule has 0 radical (unpaired) electrons. The fourth-order valence-electron chi connectivity index (χ4n) is 3.56. The number of carbonyl (C=O) groups is 1. The molecule has 0 fully saturated rings. The van der Waals surface area contributed by atoms with Gasteiger partial charge in [0.25, 0.3) is 0 Å². The van der Waals surface area contributed by atoms with Crippen molar-refractivity contribution in [3.8, 4) is 5.75 Å². The number of nitrogen functional groups attached to an aromatic ring is 1. The molecule has 208 valence electrons. The van der Waals surface area contributed by atoms with Crippen molar-refractivity contribution in [3.05, 3.63) is 42.5 Å². The summed E-state index contributed by atoms with van der Waals surface area (Å²) in [6.07, 6.45) is -3.65. The molecule has 1 aromatic carbocycles. The molecule has 3 rings (SSSR count). The van der Waals surface area contributed by atoms with Gasteiger partial charge in [-0.2, -0.15) is 13.2 Å². The lowest BCUT2D eigenvalue weighted by atomic mass is 10.1. The number of hydrogen-bond acceptors (Lipinski definition) is 8. The molecule has 16 heteroatoms. The zero-order chi connectivity index (χ0) is 28.3. The smallest absolute Gasteiger partial charge is 0.408 e. The molecule has 0 spiro atoms. The number of carboxylic acid groups (broad SMARTS) is 1. The van der Waals surface area contributed by atoms with Crippen LogP contribution in [0.15, 0.2) is 36.9 Å². The molecule has 2 aromatic heterocycles. The topological polar surface area (TPSA) is 167 Å². The molecular formula is C22H29F3N7O5P. The van der Waals surface area contributed by atoms with Gasteiger partial charge in [0.2, 0.25) is 7.44 Å². The number of benzene rings is 1. The van der Waals surface area contributed by atoms with Crippen LogP contribution in [0.2, 0.25) is 0 Å². The third-order valence-corrected chi connectivity index (χ3v) is 7.62. The average molecular weight is 559 g/mol. The molecule has 0 bridgehead atoms. The van der Waals surface area contributed by atoms with E-state index in [0.717, 1.165) is 6.07 Å². The minimum absolute atomic E-state index is 0.133. The third-order valence-electron chi connectivity index (χ3n) is 5.51. The van der Waals surface area contributed by atoms with Crippen LogP contribution in [-0.2, 0) is 20.6 Å². The summed E-state index contributed by atoms with van der Waals surface area (Å²) in [5.74, 6) is -1.08. The van der Waals surface area contributed by atoms with Crippen LogP contribution in [0, 0.1) is 0 Å². The largest absolute Gasteiger partial charge is 0.497 e. The predicted molar refractivity (Wildman–Crippen MR) is 133 cm³/mol. The first-order valence-electron chi connectivity index (χ1n) is 11.3. The Bertz CT molecular complexity index is 1330. The predicted octanol–water partition coefficient (Wildman–Crippen LogP) is 3.32. The Kier molecular flexibility index (Phi) is 8.66. The van der Waals surface area contributed by atoms with Gasteiger partial charge in [0.1, 0.15) is 35.5 Å². The number of rotatable bonds is 12. The van der Waals surface area contributed by atoms with Crippen LogP contribution in [0.5, 0.6) is 5.75 Å². The molecule has 0 saturated carbocycles. The average Bonchev–Trinajstić information content (AvgIpc) is 3.24. The summed E-state index contributed by atoms with van der Waals surface area (Å²) in [6.45, 7) is 4.10. The van der Waals surface area contributed by atoms with Crippen molar-refractivity contribution in [1.29, 1.82) is 0 Å². The molecule has 38 heavy (non-hydrogen) atoms. The standard InChI is InChI=1S/C22H29F3N7O5P/c1-13(9-32-11-29-16-18(26)27-10-28-19(16)32)37-12-38(35,31-21(2,3)20(33)34)30-17(22(23,24)25)14-6-5-7-15(8-14)36-4/h5-8,10-11,13,17H,9,12H2,1-4H3,(H,33,34)(H2,26,27,28)(H2,30,31,35). The maximum Gasteiger partial charge on any atom is 0.408 e. The fourth-order valence-corrected chi connectivity index (χ4v) is 5.94. The summed E-state index contributed by atoms with van der Waals surface area (Å²) < 4.78 is 68.6. The molecule has 0 aliphatic rings. The van der Waals surface area contributed by atoms with Crippen LogP contribution in [0.25, 0.3) is 11.2 Å². The monoisotopic (exact) mass is 559 g/mol. The van der Waals surface area contributed by atoms with Crippen LogP contribution < -0.4 is 20.6 Å². The lowest BCUT2D eigenvalue weighted by Gasteiger charge is -2.33. The summed E-state index contributed by atoms with van der Waals surface area (Å²) >= 11 is 0. The number of nitrogens with two attached hydrogens (primary N) is 1. The van der Waals surface area contributed by atoms with E-state index in [2.05, 4.69) is 25.1 Å². The number of nitrogens with one attached hydrogen (secondary N) is 2. The number of anilines is 1. The summed E-state index contributed by atoms with van der Waals surface area (Å²) in [6, 6.07) is 2.75. The van der Waals surface area contributed by atoms with Gasteiger partial charge in [-0.05, 0) is 38.5 Å². The van der Waals surface area contributed by atoms with Gasteiger partial charge in [0.15, 0.2) is 11.5 Å². The molecule has 0 amide bonds. The van der Waals surface area contributed by atoms with E-state index < -0.39 is 43.6 Å². The Labute approximate surface area is 216 Å². The van der Waals surface area contributed by atoms with Crippen molar-refractivity contribution in [2.75, 3.05) is 19.2 Å². The van der Waals surface area contributed by atoms with Gasteiger partial charge in [-0.1, -0.05) is 12.1 Å². The van der Waals surface area contributed by atoms with Gasteiger partial charge >= 0.3 is 12.1 Å². The summed E-state index contributed by atoms with van der Waals surface area (Å²) in [5, 5.41) is 14.0. The Morgan fingerprint density at radius 2 is 1.97 bits per heavy atom. The molecule has 3 unspecified atom stereocenters. The first-order chi connectivity index (χ1) is 17.6. The first kappa shape index (κ1) is 29.3. The van der Waals surface area contributed by atoms with Crippen LogP contribution in [-0.4, -0.2) is 61.9 Å². The SMILES string of the molecule is COc1cccc(C(NP(=O)(COC(C)Cn2cnc3c(N)ncnc32)NC(C)(C)C(=O)O)C(F)(F)F)c1. The van der Waals surface area contributed by atoms with E-state index in [1.54, 1.807) is 11.5 Å². The Hall–Kier alpha value is -3.26. The number of aliphatic carboxylic acids is 1. The summed E-state index contributed by atoms with van der Waals surface area (Å²) in [5.41, 5.74) is 4.44. The number of aromatic nitrogens is 4. The van der Waals surface area contributed by atoms with E-state index in [9.17, 15) is 27.6 Å². The Morgan fingerprint density at radius 1 is 1.26 bits per heavy atom. The fraction of sp³-hybridized carbons (Fsp3) is 0.455. The number of fused-ring (bicyclic) bond motifs is 1. The summed E-state index contributed by atoms with van der Waals surface area (Å²) in [4.78, 5) is 23.8. The maximum atomic E-state index is 14.2. The lowest BCUT2D eigenvalue weighted by Crippen LogP contribution is -2.49. The highest BCUT2D eigenvalue weighted by atomic mass is 31.2. The zero-order valence-electron chi connectivity index (χ0n) is 21.1. The molecule has 0 saturated heterocycles. The van der Waals surface area contributed by atoms with Crippen LogP contribution in [0.1, 0.15) is 32.4 Å². The van der Waals surface area contributed by atoms with E-state index in [4.69, 9.17) is 15.2 Å². The zero-order valence-corrected chi connectivity index (χ0v) is 22.0. The van der Waals surface area contributed by atoms with E-state index in [0.29, 0.717) is 11.2 Å². The molecule has 0 aliphatic heterocycles. The normalized spacial score (nSPS) is 15.7. The van der Waals surface area contributed by atoms with Crippen molar-refractivity contribution >= 4 is 30.4 Å². The minimum atomic E-state index is -4.89. The number of hydrogen-bond donors (Lipinski definition) is 4. The molecule has 12 nitrogen and oxygen atoms in total. The second-order valence-electron chi connectivity index (χ2n) is 9.10. The number of imidazole rings is 1. The van der Waals surface area contributed by atoms with Crippen molar-refractivity contribution < 1.29 is 37.1 Å². The highest BCUT2D eigenvalue weighted by Crippen LogP contribution is 2.46. The van der Waals surface area contributed by atoms with Crippen molar-refractivity contribution in [3.63, 3.8) is 0 Å².